The molecule has 2 saturated heterocycles. The average molecular weight is 341 g/mol. The maximum Gasteiger partial charge on any atom is 0.316 e. The van der Waals surface area contributed by atoms with E-state index in [0.29, 0.717) is 6.10 Å². The molecule has 6 nitrogen and oxygen atoms in total. The van der Waals surface area contributed by atoms with E-state index >= 15 is 0 Å². The minimum absolute atomic E-state index is 0.342. The molecule has 2 heterocycles. The molecule has 0 aromatic rings. The molecule has 0 saturated carbocycles. The van der Waals surface area contributed by atoms with Gasteiger partial charge >= 0.3 is 8.56 Å². The maximum atomic E-state index is 6.13. The third kappa shape index (κ3) is 6.28. The molecule has 10 heteroatoms. The van der Waals surface area contributed by atoms with E-state index in [1.54, 1.807) is 0 Å². The van der Waals surface area contributed by atoms with Crippen LogP contribution in [0.25, 0.3) is 0 Å². The molecule has 0 bridgehead atoms. The Balaban J connectivity index is 1.66. The van der Waals surface area contributed by atoms with Crippen LogP contribution in [0.4, 0.5) is 0 Å². The Hall–Kier alpha value is 0.628. The van der Waals surface area contributed by atoms with Crippen molar-refractivity contribution in [1.29, 1.82) is 0 Å². The van der Waals surface area contributed by atoms with Crippen molar-refractivity contribution in [1.82, 2.24) is 0 Å². The van der Waals surface area contributed by atoms with Crippen molar-refractivity contribution in [2.45, 2.75) is 38.2 Å². The molecule has 2 fully saturated rings. The van der Waals surface area contributed by atoms with Gasteiger partial charge < -0.3 is 25.9 Å². The predicted octanol–water partition coefficient (Wildman–Crippen LogP) is -0.357. The standard InChI is InChI=1S/C9H24O6Si4/c1-17-12-16-13-19(3,15-18(2)14-17)6-4-5-10-7-9-8-11-9/h9,17-18H,4-8,16H2,1-3H3. The first-order valence-corrected chi connectivity index (χ1v) is 14.7. The quantitative estimate of drug-likeness (QED) is 0.374. The average Bonchev–Trinajstić information content (AvgIpc) is 3.10. The van der Waals surface area contributed by atoms with Gasteiger partial charge in [0, 0.05) is 6.61 Å². The summed E-state index contributed by atoms with van der Waals surface area (Å²) in [5.41, 5.74) is 0. The Morgan fingerprint density at radius 1 is 1.37 bits per heavy atom. The van der Waals surface area contributed by atoms with Gasteiger partial charge in [-0.25, -0.2) is 0 Å². The normalized spacial score (nSPS) is 40.9. The van der Waals surface area contributed by atoms with Gasteiger partial charge in [0.25, 0.3) is 28.6 Å². The molecule has 2 rings (SSSR count). The second kappa shape index (κ2) is 7.58. The van der Waals surface area contributed by atoms with E-state index in [-0.39, 0.29) is 0 Å². The van der Waals surface area contributed by atoms with Gasteiger partial charge in [-0.15, -0.1) is 0 Å². The van der Waals surface area contributed by atoms with E-state index in [1.165, 1.54) is 0 Å². The Labute approximate surface area is 121 Å². The fourth-order valence-electron chi connectivity index (χ4n) is 1.98. The molecule has 0 N–H and O–H groups in total. The van der Waals surface area contributed by atoms with E-state index in [1.807, 2.05) is 6.55 Å². The van der Waals surface area contributed by atoms with Crippen molar-refractivity contribution in [2.24, 2.45) is 0 Å². The molecule has 4 unspecified atom stereocenters. The zero-order valence-electron chi connectivity index (χ0n) is 11.9. The van der Waals surface area contributed by atoms with Crippen LogP contribution in [0.3, 0.4) is 0 Å². The van der Waals surface area contributed by atoms with Crippen LogP contribution in [-0.4, -0.2) is 63.1 Å². The van der Waals surface area contributed by atoms with Gasteiger partial charge in [-0.1, -0.05) is 0 Å². The number of hydrogen-bond donors (Lipinski definition) is 0. The molecule has 0 amide bonds. The summed E-state index contributed by atoms with van der Waals surface area (Å²) in [6.07, 6.45) is 1.31. The van der Waals surface area contributed by atoms with Gasteiger partial charge in [0.2, 0.25) is 0 Å². The van der Waals surface area contributed by atoms with Crippen molar-refractivity contribution in [2.75, 3.05) is 19.8 Å². The zero-order valence-corrected chi connectivity index (χ0v) is 16.6. The number of ether oxygens (including phenoxy) is 2. The summed E-state index contributed by atoms with van der Waals surface area (Å²) >= 11 is 0. The van der Waals surface area contributed by atoms with Gasteiger partial charge in [0.15, 0.2) is 0 Å². The molecular formula is C9H24O6Si4. The lowest BCUT2D eigenvalue weighted by atomic mass is 10.5. The molecule has 0 radical (unpaired) electrons. The molecule has 2 aliphatic rings. The minimum Gasteiger partial charge on any atom is -0.423 e. The molecular weight excluding hydrogens is 316 g/mol. The Bertz CT molecular complexity index is 281. The SMILES string of the molecule is C[SiH]1O[SiH2]O[Si](C)(CCCOCC2CO2)O[SiH](C)O1. The topological polar surface area (TPSA) is 58.7 Å². The summed E-state index contributed by atoms with van der Waals surface area (Å²) in [7, 11) is -6.07. The highest BCUT2D eigenvalue weighted by Crippen LogP contribution is 2.19. The monoisotopic (exact) mass is 340 g/mol. The van der Waals surface area contributed by atoms with Crippen molar-refractivity contribution >= 4 is 37.1 Å². The van der Waals surface area contributed by atoms with Gasteiger partial charge in [-0.05, 0) is 32.1 Å². The smallest absolute Gasteiger partial charge is 0.316 e. The Morgan fingerprint density at radius 2 is 2.16 bits per heavy atom. The van der Waals surface area contributed by atoms with Crippen LogP contribution in [0, 0.1) is 0 Å². The van der Waals surface area contributed by atoms with Crippen LogP contribution in [0.2, 0.25) is 25.7 Å². The maximum absolute atomic E-state index is 6.13. The van der Waals surface area contributed by atoms with Gasteiger partial charge in [-0.2, -0.15) is 0 Å². The fraction of sp³-hybridized carbons (Fsp3) is 1.00. The molecule has 0 aromatic heterocycles. The van der Waals surface area contributed by atoms with E-state index in [2.05, 4.69) is 13.1 Å². The van der Waals surface area contributed by atoms with Crippen molar-refractivity contribution in [3.63, 3.8) is 0 Å². The first-order chi connectivity index (χ1) is 9.07. The van der Waals surface area contributed by atoms with E-state index in [9.17, 15) is 0 Å². The first kappa shape index (κ1) is 16.0. The summed E-state index contributed by atoms with van der Waals surface area (Å²) in [6, 6.07) is 0.950. The van der Waals surface area contributed by atoms with Crippen LogP contribution in [0.1, 0.15) is 6.42 Å². The van der Waals surface area contributed by atoms with Crippen molar-refractivity contribution < 1.29 is 25.9 Å². The highest BCUT2D eigenvalue weighted by Gasteiger charge is 2.36. The van der Waals surface area contributed by atoms with E-state index in [0.717, 1.165) is 32.3 Å². The molecule has 4 atom stereocenters. The highest BCUT2D eigenvalue weighted by molar-refractivity contribution is 6.78. The first-order valence-electron chi connectivity index (χ1n) is 6.85. The molecule has 112 valence electrons. The van der Waals surface area contributed by atoms with Gasteiger partial charge in [0.1, 0.15) is 6.10 Å². The van der Waals surface area contributed by atoms with Crippen LogP contribution in [0.5, 0.6) is 0 Å². The third-order valence-electron chi connectivity index (χ3n) is 3.09. The summed E-state index contributed by atoms with van der Waals surface area (Å²) in [6.45, 7) is 8.55. The largest absolute Gasteiger partial charge is 0.423 e. The summed E-state index contributed by atoms with van der Waals surface area (Å²) < 4.78 is 34.3. The molecule has 0 spiro atoms. The summed E-state index contributed by atoms with van der Waals surface area (Å²) in [5, 5.41) is 0. The van der Waals surface area contributed by atoms with Crippen LogP contribution >= 0.6 is 0 Å². The third-order valence-corrected chi connectivity index (χ3v) is 16.1. The van der Waals surface area contributed by atoms with Crippen molar-refractivity contribution in [3.8, 4) is 0 Å². The zero-order chi connectivity index (χ0) is 13.7. The number of rotatable bonds is 6. The van der Waals surface area contributed by atoms with Crippen LogP contribution in [-0.2, 0) is 25.9 Å². The Morgan fingerprint density at radius 3 is 2.89 bits per heavy atom. The minimum atomic E-state index is -2.09. The second-order valence-corrected chi connectivity index (χ2v) is 14.9. The van der Waals surface area contributed by atoms with Crippen LogP contribution in [0.15, 0.2) is 0 Å². The molecule has 0 aliphatic carbocycles. The summed E-state index contributed by atoms with van der Waals surface area (Å²) in [5.74, 6) is 0. The fourth-order valence-corrected chi connectivity index (χ4v) is 14.1. The number of hydrogen-bond acceptors (Lipinski definition) is 6. The van der Waals surface area contributed by atoms with E-state index < -0.39 is 37.1 Å². The summed E-state index contributed by atoms with van der Waals surface area (Å²) in [4.78, 5) is 0. The lowest BCUT2D eigenvalue weighted by molar-refractivity contribution is 0.115. The lowest BCUT2D eigenvalue weighted by Gasteiger charge is -2.34. The van der Waals surface area contributed by atoms with Gasteiger partial charge in [0.05, 0.1) is 13.2 Å². The second-order valence-electron chi connectivity index (χ2n) is 5.09. The van der Waals surface area contributed by atoms with Gasteiger partial charge in [-0.3, -0.25) is 0 Å². The van der Waals surface area contributed by atoms with Crippen LogP contribution < -0.4 is 0 Å². The Kier molecular flexibility index (Phi) is 6.39. The number of epoxide rings is 1. The molecule has 2 aliphatic heterocycles. The predicted molar refractivity (Wildman–Crippen MR) is 80.5 cm³/mol. The lowest BCUT2D eigenvalue weighted by Crippen LogP contribution is -2.50. The highest BCUT2D eigenvalue weighted by atomic mass is 28.5. The molecule has 19 heavy (non-hydrogen) atoms. The molecule has 0 aromatic carbocycles. The van der Waals surface area contributed by atoms with E-state index in [4.69, 9.17) is 25.9 Å². The van der Waals surface area contributed by atoms with Crippen molar-refractivity contribution in [3.05, 3.63) is 0 Å².